The van der Waals surface area contributed by atoms with Gasteiger partial charge in [0.05, 0.1) is 12.5 Å². The van der Waals surface area contributed by atoms with Crippen molar-refractivity contribution in [2.24, 2.45) is 17.3 Å². The lowest BCUT2D eigenvalue weighted by Crippen LogP contribution is -2.47. The Bertz CT molecular complexity index is 486. The lowest BCUT2D eigenvalue weighted by atomic mass is 10.0. The van der Waals surface area contributed by atoms with E-state index in [1.54, 1.807) is 7.05 Å². The molecule has 1 aliphatic heterocycles. The van der Waals surface area contributed by atoms with Gasteiger partial charge in [-0.3, -0.25) is 14.5 Å². The Hall–Kier alpha value is -1.36. The van der Waals surface area contributed by atoms with Crippen molar-refractivity contribution < 1.29 is 9.59 Å². The zero-order chi connectivity index (χ0) is 17.2. The largest absolute Gasteiger partial charge is 0.358 e. The molecule has 1 saturated heterocycles. The summed E-state index contributed by atoms with van der Waals surface area (Å²) in [5.41, 5.74) is 1.35. The van der Waals surface area contributed by atoms with Gasteiger partial charge in [0, 0.05) is 26.2 Å². The van der Waals surface area contributed by atoms with Gasteiger partial charge in [0.15, 0.2) is 0 Å². The van der Waals surface area contributed by atoms with Gasteiger partial charge in [0.2, 0.25) is 11.8 Å². The van der Waals surface area contributed by atoms with E-state index in [0.717, 1.165) is 25.9 Å². The number of rotatable bonds is 5. The Kier molecular flexibility index (Phi) is 5.50. The molecular formula is C18H31N3O2. The molecule has 2 N–H and O–H groups in total. The molecule has 5 nitrogen and oxygen atoms in total. The predicted molar refractivity (Wildman–Crippen MR) is 91.9 cm³/mol. The minimum Gasteiger partial charge on any atom is -0.358 e. The number of hydrogen-bond acceptors (Lipinski definition) is 3. The lowest BCUT2D eigenvalue weighted by Gasteiger charge is -2.31. The summed E-state index contributed by atoms with van der Waals surface area (Å²) in [5, 5.41) is 5.88. The highest BCUT2D eigenvalue weighted by Gasteiger charge is 2.60. The molecule has 1 heterocycles. The van der Waals surface area contributed by atoms with Gasteiger partial charge in [-0.2, -0.15) is 0 Å². The number of likely N-dealkylation sites (tertiary alicyclic amines) is 1. The number of carbonyl (C=O) groups is 2. The Morgan fingerprint density at radius 3 is 2.35 bits per heavy atom. The molecular weight excluding hydrogens is 290 g/mol. The maximum atomic E-state index is 12.6. The summed E-state index contributed by atoms with van der Waals surface area (Å²) < 4.78 is 0. The first-order chi connectivity index (χ1) is 10.8. The minimum atomic E-state index is 0.0526. The van der Waals surface area contributed by atoms with Crippen molar-refractivity contribution in [2.75, 3.05) is 26.7 Å². The summed E-state index contributed by atoms with van der Waals surface area (Å²) in [5.74, 6) is 0.709. The van der Waals surface area contributed by atoms with Crippen LogP contribution >= 0.6 is 0 Å². The molecule has 5 heteroatoms. The van der Waals surface area contributed by atoms with E-state index in [2.05, 4.69) is 49.3 Å². The molecule has 2 atom stereocenters. The van der Waals surface area contributed by atoms with E-state index in [4.69, 9.17) is 0 Å². The van der Waals surface area contributed by atoms with E-state index >= 15 is 0 Å². The standard InChI is InChI=1S/C18H31N3O2/c1-12(2)10-14-16(18(14,3)4)17(23)20-13-6-8-21(9-7-13)11-15(22)19-5/h10,13-14,16H,6-9,11H2,1-5H3,(H,19,22)(H,20,23)/t14-,16-/m0/s1. The van der Waals surface area contributed by atoms with Crippen molar-refractivity contribution in [2.45, 2.75) is 46.6 Å². The number of likely N-dealkylation sites (N-methyl/N-ethyl adjacent to an activating group) is 1. The predicted octanol–water partition coefficient (Wildman–Crippen LogP) is 1.55. The van der Waals surface area contributed by atoms with Crippen molar-refractivity contribution in [3.8, 4) is 0 Å². The van der Waals surface area contributed by atoms with E-state index in [0.29, 0.717) is 12.5 Å². The van der Waals surface area contributed by atoms with Gasteiger partial charge in [-0.15, -0.1) is 0 Å². The first-order valence-electron chi connectivity index (χ1n) is 8.64. The molecule has 2 aliphatic rings. The number of amides is 2. The molecule has 0 aromatic rings. The summed E-state index contributed by atoms with van der Waals surface area (Å²) in [6, 6.07) is 0.243. The normalized spacial score (nSPS) is 27.2. The van der Waals surface area contributed by atoms with Gasteiger partial charge in [0.25, 0.3) is 0 Å². The van der Waals surface area contributed by atoms with Crippen LogP contribution in [0.1, 0.15) is 40.5 Å². The first-order valence-corrected chi connectivity index (χ1v) is 8.64. The van der Waals surface area contributed by atoms with Crippen LogP contribution in [-0.2, 0) is 9.59 Å². The average molecular weight is 321 g/mol. The van der Waals surface area contributed by atoms with Gasteiger partial charge < -0.3 is 10.6 Å². The Balaban J connectivity index is 1.80. The zero-order valence-electron chi connectivity index (χ0n) is 15.1. The number of piperidine rings is 1. The van der Waals surface area contributed by atoms with E-state index in [9.17, 15) is 9.59 Å². The summed E-state index contributed by atoms with van der Waals surface area (Å²) in [6.45, 7) is 10.7. The fourth-order valence-electron chi connectivity index (χ4n) is 3.66. The fraction of sp³-hybridized carbons (Fsp3) is 0.778. The van der Waals surface area contributed by atoms with Gasteiger partial charge in [0.1, 0.15) is 0 Å². The van der Waals surface area contributed by atoms with Crippen molar-refractivity contribution >= 4 is 11.8 Å². The molecule has 2 rings (SSSR count). The number of nitrogens with zero attached hydrogens (tertiary/aromatic N) is 1. The van der Waals surface area contributed by atoms with Crippen LogP contribution in [0.25, 0.3) is 0 Å². The van der Waals surface area contributed by atoms with Gasteiger partial charge in [-0.1, -0.05) is 25.5 Å². The smallest absolute Gasteiger partial charge is 0.233 e. The molecule has 0 aromatic carbocycles. The second kappa shape index (κ2) is 7.04. The Morgan fingerprint density at radius 1 is 1.22 bits per heavy atom. The summed E-state index contributed by atoms with van der Waals surface area (Å²) in [7, 11) is 1.66. The molecule has 0 aromatic heterocycles. The van der Waals surface area contributed by atoms with Crippen LogP contribution in [0.15, 0.2) is 11.6 Å². The quantitative estimate of drug-likeness (QED) is 0.755. The fourth-order valence-corrected chi connectivity index (χ4v) is 3.66. The van der Waals surface area contributed by atoms with Crippen LogP contribution in [0.2, 0.25) is 0 Å². The first kappa shape index (κ1) is 18.0. The second-order valence-electron chi connectivity index (χ2n) is 7.80. The minimum absolute atomic E-state index is 0.0526. The molecule has 0 unspecified atom stereocenters. The SMILES string of the molecule is CNC(=O)CN1CCC(NC(=O)[C@@H]2[C@H](C=C(C)C)C2(C)C)CC1. The van der Waals surface area contributed by atoms with Crippen molar-refractivity contribution in [3.05, 3.63) is 11.6 Å². The number of nitrogens with one attached hydrogen (secondary N) is 2. The maximum Gasteiger partial charge on any atom is 0.233 e. The van der Waals surface area contributed by atoms with Crippen LogP contribution in [0.3, 0.4) is 0 Å². The molecule has 0 bridgehead atoms. The van der Waals surface area contributed by atoms with Crippen LogP contribution in [0, 0.1) is 17.3 Å². The molecule has 0 radical (unpaired) electrons. The van der Waals surface area contributed by atoms with Crippen LogP contribution in [0.5, 0.6) is 0 Å². The van der Waals surface area contributed by atoms with Crippen LogP contribution in [0.4, 0.5) is 0 Å². The van der Waals surface area contributed by atoms with E-state index in [1.807, 2.05) is 0 Å². The summed E-state index contributed by atoms with van der Waals surface area (Å²) in [4.78, 5) is 26.1. The molecule has 1 saturated carbocycles. The maximum absolute atomic E-state index is 12.6. The van der Waals surface area contributed by atoms with E-state index in [1.165, 1.54) is 5.57 Å². The molecule has 2 amide bonds. The Morgan fingerprint density at radius 2 is 1.83 bits per heavy atom. The lowest BCUT2D eigenvalue weighted by molar-refractivity contribution is -0.125. The molecule has 2 fully saturated rings. The number of carbonyl (C=O) groups excluding carboxylic acids is 2. The van der Waals surface area contributed by atoms with Crippen LogP contribution in [-0.4, -0.2) is 49.4 Å². The average Bonchev–Trinajstić information content (AvgIpc) is 3.01. The van der Waals surface area contributed by atoms with Crippen molar-refractivity contribution in [3.63, 3.8) is 0 Å². The third kappa shape index (κ3) is 4.34. The van der Waals surface area contributed by atoms with Gasteiger partial charge in [-0.25, -0.2) is 0 Å². The highest BCUT2D eigenvalue weighted by molar-refractivity contribution is 5.84. The van der Waals surface area contributed by atoms with Crippen molar-refractivity contribution in [1.82, 2.24) is 15.5 Å². The number of hydrogen-bond donors (Lipinski definition) is 2. The second-order valence-corrected chi connectivity index (χ2v) is 7.80. The monoisotopic (exact) mass is 321 g/mol. The van der Waals surface area contributed by atoms with Gasteiger partial charge >= 0.3 is 0 Å². The topological polar surface area (TPSA) is 61.4 Å². The third-order valence-electron chi connectivity index (χ3n) is 5.29. The zero-order valence-corrected chi connectivity index (χ0v) is 15.1. The highest BCUT2D eigenvalue weighted by atomic mass is 16.2. The van der Waals surface area contributed by atoms with Gasteiger partial charge in [-0.05, 0) is 38.0 Å². The third-order valence-corrected chi connectivity index (χ3v) is 5.29. The Labute approximate surface area is 139 Å². The highest BCUT2D eigenvalue weighted by Crippen LogP contribution is 2.59. The summed E-state index contributed by atoms with van der Waals surface area (Å²) in [6.07, 6.45) is 4.07. The van der Waals surface area contributed by atoms with E-state index in [-0.39, 0.29) is 29.2 Å². The van der Waals surface area contributed by atoms with E-state index < -0.39 is 0 Å². The molecule has 0 spiro atoms. The molecule has 23 heavy (non-hydrogen) atoms. The number of allylic oxidation sites excluding steroid dienone is 2. The van der Waals surface area contributed by atoms with Crippen molar-refractivity contribution in [1.29, 1.82) is 0 Å². The molecule has 1 aliphatic carbocycles. The van der Waals surface area contributed by atoms with Crippen LogP contribution < -0.4 is 10.6 Å². The molecule has 130 valence electrons. The summed E-state index contributed by atoms with van der Waals surface area (Å²) >= 11 is 0.